The lowest BCUT2D eigenvalue weighted by Crippen LogP contribution is -2.12. The number of hydrogen-bond acceptors (Lipinski definition) is 3. The van der Waals surface area contributed by atoms with Crippen LogP contribution in [0.2, 0.25) is 0 Å². The van der Waals surface area contributed by atoms with Crippen molar-refractivity contribution >= 4 is 5.69 Å². The highest BCUT2D eigenvalue weighted by molar-refractivity contribution is 5.45. The number of benzene rings is 1. The number of nitro groups is 1. The smallest absolute Gasteiger partial charge is 0.310 e. The van der Waals surface area contributed by atoms with Crippen LogP contribution in [0.15, 0.2) is 36.4 Å². The van der Waals surface area contributed by atoms with E-state index in [1.807, 2.05) is 12.2 Å². The summed E-state index contributed by atoms with van der Waals surface area (Å²) in [6.45, 7) is 0. The van der Waals surface area contributed by atoms with Crippen molar-refractivity contribution in [3.05, 3.63) is 46.5 Å². The van der Waals surface area contributed by atoms with Gasteiger partial charge in [-0.25, -0.2) is 0 Å². The minimum atomic E-state index is -0.419. The highest BCUT2D eigenvalue weighted by atomic mass is 16.6. The zero-order valence-electron chi connectivity index (χ0n) is 8.13. The molecule has 1 aliphatic rings. The first-order chi connectivity index (χ1) is 7.27. The Balaban J connectivity index is 2.16. The van der Waals surface area contributed by atoms with Crippen molar-refractivity contribution in [1.82, 2.24) is 0 Å². The molecule has 1 aromatic rings. The van der Waals surface area contributed by atoms with Gasteiger partial charge in [0.25, 0.3) is 0 Å². The molecule has 0 heterocycles. The van der Waals surface area contributed by atoms with Gasteiger partial charge in [0.2, 0.25) is 0 Å². The maximum absolute atomic E-state index is 10.7. The highest BCUT2D eigenvalue weighted by Gasteiger charge is 2.18. The molecule has 15 heavy (non-hydrogen) atoms. The molecule has 0 N–H and O–H groups in total. The fraction of sp³-hybridized carbons (Fsp3) is 0.273. The fourth-order valence-electron chi connectivity index (χ4n) is 1.58. The third-order valence-corrected chi connectivity index (χ3v) is 2.32. The van der Waals surface area contributed by atoms with E-state index in [2.05, 4.69) is 0 Å². The summed E-state index contributed by atoms with van der Waals surface area (Å²) < 4.78 is 5.56. The lowest BCUT2D eigenvalue weighted by atomic mass is 10.2. The molecule has 0 aromatic heterocycles. The van der Waals surface area contributed by atoms with Gasteiger partial charge in [-0.2, -0.15) is 0 Å². The highest BCUT2D eigenvalue weighted by Crippen LogP contribution is 2.28. The minimum absolute atomic E-state index is 0.0319. The zero-order chi connectivity index (χ0) is 10.7. The van der Waals surface area contributed by atoms with E-state index in [0.29, 0.717) is 5.75 Å². The van der Waals surface area contributed by atoms with Crippen LogP contribution in [0.3, 0.4) is 0 Å². The molecule has 4 heteroatoms. The van der Waals surface area contributed by atoms with Crippen molar-refractivity contribution in [2.45, 2.75) is 18.9 Å². The normalized spacial score (nSPS) is 15.5. The Morgan fingerprint density at radius 3 is 2.60 bits per heavy atom. The van der Waals surface area contributed by atoms with Gasteiger partial charge in [0.05, 0.1) is 4.92 Å². The third kappa shape index (κ3) is 2.15. The second-order valence-electron chi connectivity index (χ2n) is 3.41. The Morgan fingerprint density at radius 1 is 1.27 bits per heavy atom. The molecule has 0 amide bonds. The van der Waals surface area contributed by atoms with Gasteiger partial charge in [-0.15, -0.1) is 0 Å². The molecule has 0 bridgehead atoms. The summed E-state index contributed by atoms with van der Waals surface area (Å²) in [6.07, 6.45) is 5.75. The molecule has 0 unspecified atom stereocenters. The summed E-state index contributed by atoms with van der Waals surface area (Å²) in [7, 11) is 0. The Kier molecular flexibility index (Phi) is 2.67. The standard InChI is InChI=1S/C11H11NO3/c13-12(14)10-7-3-4-8-11(10)15-9-5-1-2-6-9/h1-4,7-9H,5-6H2. The molecule has 78 valence electrons. The predicted octanol–water partition coefficient (Wildman–Crippen LogP) is 2.69. The van der Waals surface area contributed by atoms with Crippen molar-refractivity contribution in [2.75, 3.05) is 0 Å². The molecule has 0 fully saturated rings. The molecule has 0 aliphatic heterocycles. The number of hydrogen-bond donors (Lipinski definition) is 0. The lowest BCUT2D eigenvalue weighted by molar-refractivity contribution is -0.386. The van der Waals surface area contributed by atoms with Crippen molar-refractivity contribution < 1.29 is 9.66 Å². The predicted molar refractivity (Wildman–Crippen MR) is 55.9 cm³/mol. The Hall–Kier alpha value is -1.84. The van der Waals surface area contributed by atoms with Crippen LogP contribution >= 0.6 is 0 Å². The second-order valence-corrected chi connectivity index (χ2v) is 3.41. The quantitative estimate of drug-likeness (QED) is 0.433. The van der Waals surface area contributed by atoms with E-state index >= 15 is 0 Å². The average Bonchev–Trinajstić information content (AvgIpc) is 2.71. The maximum Gasteiger partial charge on any atom is 0.310 e. The second kappa shape index (κ2) is 4.13. The number of nitrogens with zero attached hydrogens (tertiary/aromatic N) is 1. The molecule has 1 aromatic carbocycles. The number of rotatable bonds is 3. The third-order valence-electron chi connectivity index (χ3n) is 2.32. The molecule has 0 saturated carbocycles. The van der Waals surface area contributed by atoms with E-state index < -0.39 is 4.92 Å². The first kappa shape index (κ1) is 9.71. The summed E-state index contributed by atoms with van der Waals surface area (Å²) in [6, 6.07) is 6.47. The van der Waals surface area contributed by atoms with E-state index in [0.717, 1.165) is 12.8 Å². The summed E-state index contributed by atoms with van der Waals surface area (Å²) in [5.41, 5.74) is 0.0319. The number of nitro benzene ring substituents is 1. The summed E-state index contributed by atoms with van der Waals surface area (Å²) in [5.74, 6) is 0.358. The topological polar surface area (TPSA) is 52.4 Å². The van der Waals surface area contributed by atoms with Crippen LogP contribution in [0, 0.1) is 10.1 Å². The van der Waals surface area contributed by atoms with Crippen LogP contribution in [0.5, 0.6) is 5.75 Å². The SMILES string of the molecule is O=[N+]([O-])c1ccccc1OC1CC=CC1. The molecule has 0 spiro atoms. The monoisotopic (exact) mass is 205 g/mol. The molecule has 0 saturated heterocycles. The molecule has 1 aliphatic carbocycles. The molecular weight excluding hydrogens is 194 g/mol. The summed E-state index contributed by atoms with van der Waals surface area (Å²) in [4.78, 5) is 10.3. The van der Waals surface area contributed by atoms with Gasteiger partial charge in [0, 0.05) is 18.9 Å². The first-order valence-corrected chi connectivity index (χ1v) is 4.82. The van der Waals surface area contributed by atoms with E-state index in [9.17, 15) is 10.1 Å². The summed E-state index contributed by atoms with van der Waals surface area (Å²) in [5, 5.41) is 10.7. The molecule has 0 atom stereocenters. The van der Waals surface area contributed by atoms with E-state index in [4.69, 9.17) is 4.74 Å². The fourth-order valence-corrected chi connectivity index (χ4v) is 1.58. The van der Waals surface area contributed by atoms with Gasteiger partial charge >= 0.3 is 5.69 Å². The van der Waals surface area contributed by atoms with E-state index in [1.165, 1.54) is 6.07 Å². The zero-order valence-corrected chi connectivity index (χ0v) is 8.13. The van der Waals surface area contributed by atoms with Crippen LogP contribution in [0.25, 0.3) is 0 Å². The van der Waals surface area contributed by atoms with Crippen LogP contribution in [0.4, 0.5) is 5.69 Å². The molecular formula is C11H11NO3. The maximum atomic E-state index is 10.7. The van der Waals surface area contributed by atoms with E-state index in [1.54, 1.807) is 18.2 Å². The van der Waals surface area contributed by atoms with Crippen molar-refractivity contribution in [1.29, 1.82) is 0 Å². The largest absolute Gasteiger partial charge is 0.483 e. The van der Waals surface area contributed by atoms with Crippen LogP contribution in [-0.4, -0.2) is 11.0 Å². The van der Waals surface area contributed by atoms with Crippen molar-refractivity contribution in [3.63, 3.8) is 0 Å². The van der Waals surface area contributed by atoms with Crippen molar-refractivity contribution in [3.8, 4) is 5.75 Å². The molecule has 4 nitrogen and oxygen atoms in total. The number of ether oxygens (including phenoxy) is 1. The van der Waals surface area contributed by atoms with Gasteiger partial charge in [-0.1, -0.05) is 24.3 Å². The lowest BCUT2D eigenvalue weighted by Gasteiger charge is -2.12. The Labute approximate surface area is 87.3 Å². The number of para-hydroxylation sites is 2. The van der Waals surface area contributed by atoms with E-state index in [-0.39, 0.29) is 11.8 Å². The Bertz CT molecular complexity index is 393. The molecule has 0 radical (unpaired) electrons. The molecule has 2 rings (SSSR count). The van der Waals surface area contributed by atoms with Gasteiger partial charge in [0.1, 0.15) is 6.10 Å². The van der Waals surface area contributed by atoms with Gasteiger partial charge < -0.3 is 4.74 Å². The average molecular weight is 205 g/mol. The van der Waals surface area contributed by atoms with Crippen LogP contribution in [0.1, 0.15) is 12.8 Å². The Morgan fingerprint density at radius 2 is 1.93 bits per heavy atom. The van der Waals surface area contributed by atoms with Crippen LogP contribution < -0.4 is 4.74 Å². The van der Waals surface area contributed by atoms with Gasteiger partial charge in [0.15, 0.2) is 5.75 Å². The van der Waals surface area contributed by atoms with Gasteiger partial charge in [-0.3, -0.25) is 10.1 Å². The summed E-state index contributed by atoms with van der Waals surface area (Å²) >= 11 is 0. The van der Waals surface area contributed by atoms with Gasteiger partial charge in [-0.05, 0) is 6.07 Å². The first-order valence-electron chi connectivity index (χ1n) is 4.82. The minimum Gasteiger partial charge on any atom is -0.483 e. The van der Waals surface area contributed by atoms with Crippen molar-refractivity contribution in [2.24, 2.45) is 0 Å². The van der Waals surface area contributed by atoms with Crippen LogP contribution in [-0.2, 0) is 0 Å².